The maximum Gasteiger partial charge on any atom is 0.243 e. The van der Waals surface area contributed by atoms with E-state index in [4.69, 9.17) is 5.73 Å². The fraction of sp³-hybridized carbons (Fsp3) is 0.600. The molecule has 0 spiro atoms. The minimum atomic E-state index is -3.38. The first-order valence-electron chi connectivity index (χ1n) is 7.40. The van der Waals surface area contributed by atoms with Crippen LogP contribution >= 0.6 is 12.4 Å². The zero-order valence-electron chi connectivity index (χ0n) is 12.5. The van der Waals surface area contributed by atoms with Crippen LogP contribution in [0.3, 0.4) is 0 Å². The molecule has 0 bridgehead atoms. The summed E-state index contributed by atoms with van der Waals surface area (Å²) in [5.74, 6) is 0. The number of rotatable bonds is 5. The molecule has 1 saturated heterocycles. The van der Waals surface area contributed by atoms with E-state index in [1.807, 2.05) is 12.1 Å². The third-order valence-corrected chi connectivity index (χ3v) is 5.98. The Morgan fingerprint density at radius 2 is 1.90 bits per heavy atom. The SMILES string of the molecule is CCc1ccc(S(=O)(=O)N2CCCCC2CCN)cc1.Cl. The Morgan fingerprint density at radius 3 is 2.48 bits per heavy atom. The second-order valence-corrected chi connectivity index (χ2v) is 7.23. The molecule has 21 heavy (non-hydrogen) atoms. The van der Waals surface area contributed by atoms with Crippen molar-refractivity contribution in [2.24, 2.45) is 5.73 Å². The van der Waals surface area contributed by atoms with Crippen LogP contribution in [0.5, 0.6) is 0 Å². The van der Waals surface area contributed by atoms with Crippen LogP contribution in [0.1, 0.15) is 38.2 Å². The average molecular weight is 333 g/mol. The first kappa shape index (κ1) is 18.4. The van der Waals surface area contributed by atoms with Gasteiger partial charge in [0.1, 0.15) is 0 Å². The van der Waals surface area contributed by atoms with Crippen LogP contribution in [0.15, 0.2) is 29.2 Å². The van der Waals surface area contributed by atoms with Gasteiger partial charge in [0, 0.05) is 12.6 Å². The first-order chi connectivity index (χ1) is 9.59. The van der Waals surface area contributed by atoms with Crippen molar-refractivity contribution in [2.75, 3.05) is 13.1 Å². The lowest BCUT2D eigenvalue weighted by molar-refractivity contribution is 0.243. The first-order valence-corrected chi connectivity index (χ1v) is 8.84. The Kier molecular flexibility index (Phi) is 7.13. The standard InChI is InChI=1S/C15H24N2O2S.ClH/c1-2-13-6-8-15(9-7-13)20(18,19)17-12-4-3-5-14(17)10-11-16;/h6-9,14H,2-5,10-12,16H2,1H3;1H. The van der Waals surface area contributed by atoms with Gasteiger partial charge in [0.05, 0.1) is 4.90 Å². The molecular weight excluding hydrogens is 308 g/mol. The quantitative estimate of drug-likeness (QED) is 0.901. The van der Waals surface area contributed by atoms with E-state index in [1.54, 1.807) is 16.4 Å². The van der Waals surface area contributed by atoms with Gasteiger partial charge in [0.15, 0.2) is 0 Å². The summed E-state index contributed by atoms with van der Waals surface area (Å²) >= 11 is 0. The second kappa shape index (κ2) is 8.13. The highest BCUT2D eigenvalue weighted by molar-refractivity contribution is 7.89. The lowest BCUT2D eigenvalue weighted by Crippen LogP contribution is -2.44. The van der Waals surface area contributed by atoms with Gasteiger partial charge in [0.25, 0.3) is 0 Å². The van der Waals surface area contributed by atoms with Gasteiger partial charge in [-0.25, -0.2) is 8.42 Å². The number of sulfonamides is 1. The monoisotopic (exact) mass is 332 g/mol. The molecule has 0 aliphatic carbocycles. The summed E-state index contributed by atoms with van der Waals surface area (Å²) in [6, 6.07) is 7.30. The number of hydrogen-bond donors (Lipinski definition) is 1. The predicted octanol–water partition coefficient (Wildman–Crippen LogP) is 2.56. The van der Waals surface area contributed by atoms with Crippen molar-refractivity contribution in [3.05, 3.63) is 29.8 Å². The molecule has 0 saturated carbocycles. The highest BCUT2D eigenvalue weighted by atomic mass is 35.5. The summed E-state index contributed by atoms with van der Waals surface area (Å²) in [4.78, 5) is 0.402. The molecule has 4 nitrogen and oxygen atoms in total. The number of benzene rings is 1. The molecule has 1 aromatic rings. The number of nitrogens with zero attached hydrogens (tertiary/aromatic N) is 1. The topological polar surface area (TPSA) is 63.4 Å². The van der Waals surface area contributed by atoms with E-state index in [-0.39, 0.29) is 18.4 Å². The predicted molar refractivity (Wildman–Crippen MR) is 88.3 cm³/mol. The van der Waals surface area contributed by atoms with Crippen LogP contribution in [-0.4, -0.2) is 31.9 Å². The average Bonchev–Trinajstić information content (AvgIpc) is 2.48. The number of nitrogens with two attached hydrogens (primary N) is 1. The van der Waals surface area contributed by atoms with E-state index >= 15 is 0 Å². The molecule has 6 heteroatoms. The lowest BCUT2D eigenvalue weighted by Gasteiger charge is -2.34. The molecule has 0 radical (unpaired) electrons. The third-order valence-electron chi connectivity index (χ3n) is 4.01. The van der Waals surface area contributed by atoms with E-state index < -0.39 is 10.0 Å². The summed E-state index contributed by atoms with van der Waals surface area (Å²) in [6.45, 7) is 3.21. The Balaban J connectivity index is 0.00000220. The molecule has 2 rings (SSSR count). The van der Waals surface area contributed by atoms with E-state index in [1.165, 1.54) is 0 Å². The van der Waals surface area contributed by atoms with Gasteiger partial charge in [-0.05, 0) is 49.9 Å². The molecule has 1 unspecified atom stereocenters. The van der Waals surface area contributed by atoms with Crippen molar-refractivity contribution in [1.82, 2.24) is 4.31 Å². The van der Waals surface area contributed by atoms with Gasteiger partial charge in [-0.15, -0.1) is 12.4 Å². The highest BCUT2D eigenvalue weighted by Crippen LogP contribution is 2.27. The second-order valence-electron chi connectivity index (χ2n) is 5.34. The highest BCUT2D eigenvalue weighted by Gasteiger charge is 2.32. The molecule has 120 valence electrons. The summed E-state index contributed by atoms with van der Waals surface area (Å²) in [6.07, 6.45) is 4.61. The van der Waals surface area contributed by atoms with Crippen LogP contribution in [0.2, 0.25) is 0 Å². The van der Waals surface area contributed by atoms with Crippen molar-refractivity contribution < 1.29 is 8.42 Å². The number of aryl methyl sites for hydroxylation is 1. The van der Waals surface area contributed by atoms with Crippen LogP contribution in [0.4, 0.5) is 0 Å². The fourth-order valence-electron chi connectivity index (χ4n) is 2.80. The number of hydrogen-bond acceptors (Lipinski definition) is 3. The van der Waals surface area contributed by atoms with E-state index in [0.717, 1.165) is 37.7 Å². The molecule has 1 heterocycles. The van der Waals surface area contributed by atoms with Crippen LogP contribution in [-0.2, 0) is 16.4 Å². The van der Waals surface area contributed by atoms with Gasteiger partial charge < -0.3 is 5.73 Å². The normalized spacial score (nSPS) is 20.0. The van der Waals surface area contributed by atoms with Crippen LogP contribution in [0, 0.1) is 0 Å². The molecule has 0 aromatic heterocycles. The molecule has 1 aromatic carbocycles. The van der Waals surface area contributed by atoms with Crippen LogP contribution < -0.4 is 5.73 Å². The fourth-order valence-corrected chi connectivity index (χ4v) is 4.53. The van der Waals surface area contributed by atoms with Crippen molar-refractivity contribution in [1.29, 1.82) is 0 Å². The summed E-state index contributed by atoms with van der Waals surface area (Å²) < 4.78 is 27.2. The molecule has 1 aliphatic rings. The Hall–Kier alpha value is -0.620. The molecule has 0 amide bonds. The number of piperidine rings is 1. The molecule has 1 aliphatic heterocycles. The van der Waals surface area contributed by atoms with Crippen molar-refractivity contribution in [3.63, 3.8) is 0 Å². The zero-order chi connectivity index (χ0) is 14.6. The smallest absolute Gasteiger partial charge is 0.243 e. The van der Waals surface area contributed by atoms with E-state index in [9.17, 15) is 8.42 Å². The molecule has 2 N–H and O–H groups in total. The van der Waals surface area contributed by atoms with Gasteiger partial charge >= 0.3 is 0 Å². The van der Waals surface area contributed by atoms with Gasteiger partial charge in [-0.2, -0.15) is 4.31 Å². The van der Waals surface area contributed by atoms with Gasteiger partial charge in [-0.1, -0.05) is 25.5 Å². The Morgan fingerprint density at radius 1 is 1.24 bits per heavy atom. The van der Waals surface area contributed by atoms with Crippen molar-refractivity contribution in [3.8, 4) is 0 Å². The van der Waals surface area contributed by atoms with Gasteiger partial charge in [0.2, 0.25) is 10.0 Å². The van der Waals surface area contributed by atoms with E-state index in [2.05, 4.69) is 6.92 Å². The molecule has 1 fully saturated rings. The van der Waals surface area contributed by atoms with Gasteiger partial charge in [-0.3, -0.25) is 0 Å². The third kappa shape index (κ3) is 4.19. The van der Waals surface area contributed by atoms with Crippen molar-refractivity contribution in [2.45, 2.75) is 50.0 Å². The minimum absolute atomic E-state index is 0. The van der Waals surface area contributed by atoms with Crippen LogP contribution in [0.25, 0.3) is 0 Å². The summed E-state index contributed by atoms with van der Waals surface area (Å²) in [5, 5.41) is 0. The maximum absolute atomic E-state index is 12.8. The minimum Gasteiger partial charge on any atom is -0.330 e. The van der Waals surface area contributed by atoms with E-state index in [0.29, 0.717) is 18.0 Å². The Labute approximate surface area is 134 Å². The summed E-state index contributed by atoms with van der Waals surface area (Å²) in [5.41, 5.74) is 6.77. The van der Waals surface area contributed by atoms with Crippen molar-refractivity contribution >= 4 is 22.4 Å². The Bertz CT molecular complexity index is 529. The largest absolute Gasteiger partial charge is 0.330 e. The molecular formula is C15H25ClN2O2S. The number of halogens is 1. The maximum atomic E-state index is 12.8. The zero-order valence-corrected chi connectivity index (χ0v) is 14.1. The summed E-state index contributed by atoms with van der Waals surface area (Å²) in [7, 11) is -3.38. The molecule has 1 atom stereocenters. The lowest BCUT2D eigenvalue weighted by atomic mass is 10.0.